The Labute approximate surface area is 309 Å². The van der Waals surface area contributed by atoms with Gasteiger partial charge in [-0.2, -0.15) is 0 Å². The third-order valence-electron chi connectivity index (χ3n) is 19.8. The average molecular weight is 685 g/mol. The molecule has 0 aromatic rings. The van der Waals surface area contributed by atoms with E-state index in [9.17, 15) is 0 Å². The molecular weight excluding hydrogens is 605 g/mol. The summed E-state index contributed by atoms with van der Waals surface area (Å²) in [6, 6.07) is 4.40. The Morgan fingerprint density at radius 2 is 0.840 bits per heavy atom. The maximum Gasteiger partial charge on any atom is 0.0136 e. The van der Waals surface area contributed by atoms with Gasteiger partial charge in [-0.25, -0.2) is 0 Å². The van der Waals surface area contributed by atoms with Gasteiger partial charge in [0.15, 0.2) is 0 Å². The Kier molecular flexibility index (Phi) is 10.2. The Bertz CT molecular complexity index is 1070. The largest absolute Gasteiger partial charge is 0.311 e. The lowest BCUT2D eigenvalue weighted by Crippen LogP contribution is -2.60. The third kappa shape index (κ3) is 5.88. The van der Waals surface area contributed by atoms with Gasteiger partial charge >= 0.3 is 0 Å². The summed E-state index contributed by atoms with van der Waals surface area (Å²) < 4.78 is 0. The first kappa shape index (κ1) is 34.4. The molecule has 10 aliphatic rings. The molecule has 2 nitrogen and oxygen atoms in total. The zero-order valence-electron chi connectivity index (χ0n) is 32.7. The minimum Gasteiger partial charge on any atom is -0.311 e. The lowest BCUT2D eigenvalue weighted by atomic mass is 9.48. The fourth-order valence-electron chi connectivity index (χ4n) is 18.3. The van der Waals surface area contributed by atoms with Crippen LogP contribution in [0, 0.1) is 64.6 Å². The number of piperidine rings is 1. The predicted octanol–water partition coefficient (Wildman–Crippen LogP) is 12.5. The second-order valence-electron chi connectivity index (χ2n) is 21.4. The van der Waals surface area contributed by atoms with E-state index in [4.69, 9.17) is 0 Å². The second-order valence-corrected chi connectivity index (χ2v) is 21.4. The summed E-state index contributed by atoms with van der Waals surface area (Å²) in [7, 11) is 0. The number of rotatable bonds is 5. The molecule has 2 saturated heterocycles. The van der Waals surface area contributed by atoms with Gasteiger partial charge < -0.3 is 5.32 Å². The van der Waals surface area contributed by atoms with E-state index in [-0.39, 0.29) is 0 Å². The molecule has 10 rings (SSSR count). The van der Waals surface area contributed by atoms with E-state index in [0.717, 1.165) is 94.8 Å². The van der Waals surface area contributed by atoms with Crippen LogP contribution in [0.25, 0.3) is 0 Å². The monoisotopic (exact) mass is 685 g/mol. The van der Waals surface area contributed by atoms with Crippen molar-refractivity contribution >= 4 is 0 Å². The maximum atomic E-state index is 4.53. The van der Waals surface area contributed by atoms with Crippen LogP contribution in [-0.4, -0.2) is 35.1 Å². The van der Waals surface area contributed by atoms with Gasteiger partial charge in [-0.05, 0) is 174 Å². The summed E-state index contributed by atoms with van der Waals surface area (Å²) in [6.07, 6.45) is 50.0. The van der Waals surface area contributed by atoms with E-state index in [1.165, 1.54) is 83.5 Å². The van der Waals surface area contributed by atoms with Gasteiger partial charge in [-0.15, -0.1) is 0 Å². The third-order valence-corrected chi connectivity index (χ3v) is 19.8. The topological polar surface area (TPSA) is 15.3 Å². The highest BCUT2D eigenvalue weighted by atomic mass is 15.3. The number of fused-ring (bicyclic) bond motifs is 6. The molecule has 8 aliphatic carbocycles. The van der Waals surface area contributed by atoms with Crippen LogP contribution in [-0.2, 0) is 0 Å². The number of nitrogens with zero attached hydrogens (tertiary/aromatic N) is 1. The number of likely N-dealkylation sites (tertiary alicyclic amines) is 1. The first-order valence-corrected chi connectivity index (χ1v) is 24.3. The summed E-state index contributed by atoms with van der Waals surface area (Å²) in [5.41, 5.74) is 0.727. The van der Waals surface area contributed by atoms with E-state index in [2.05, 4.69) is 10.2 Å². The molecule has 0 bridgehead atoms. The highest BCUT2D eigenvalue weighted by Gasteiger charge is 2.67. The van der Waals surface area contributed by atoms with Crippen molar-refractivity contribution in [2.24, 2.45) is 64.6 Å². The Morgan fingerprint density at radius 1 is 0.360 bits per heavy atom. The predicted molar refractivity (Wildman–Crippen MR) is 209 cm³/mol. The van der Waals surface area contributed by atoms with Gasteiger partial charge in [0.25, 0.3) is 0 Å². The summed E-state index contributed by atoms with van der Waals surface area (Å²) in [4.78, 5) is 3.49. The SMILES string of the molecule is C1CCC(C2CC(N3C4CCCCC4C4CCC(C5(C6CCCCC6)C6CCCCC6C6CCCCC65)CC43)CC(C3CCCCC3)N2)CC1. The highest BCUT2D eigenvalue weighted by molar-refractivity contribution is 5.16. The highest BCUT2D eigenvalue weighted by Crippen LogP contribution is 2.72. The van der Waals surface area contributed by atoms with Crippen molar-refractivity contribution in [3.8, 4) is 0 Å². The summed E-state index contributed by atoms with van der Waals surface area (Å²) in [6.45, 7) is 0. The molecule has 2 aliphatic heterocycles. The first-order chi connectivity index (χ1) is 24.8. The van der Waals surface area contributed by atoms with E-state index in [0.29, 0.717) is 0 Å². The van der Waals surface area contributed by atoms with Gasteiger partial charge in [0.1, 0.15) is 0 Å². The van der Waals surface area contributed by atoms with Gasteiger partial charge in [-0.3, -0.25) is 4.90 Å². The normalized spacial score (nSPS) is 49.9. The molecule has 0 aromatic carbocycles. The van der Waals surface area contributed by atoms with E-state index >= 15 is 0 Å². The van der Waals surface area contributed by atoms with Crippen LogP contribution in [0.2, 0.25) is 0 Å². The van der Waals surface area contributed by atoms with Crippen LogP contribution in [0.4, 0.5) is 0 Å². The first-order valence-electron chi connectivity index (χ1n) is 24.3. The number of nitrogens with one attached hydrogen (secondary N) is 1. The van der Waals surface area contributed by atoms with Crippen LogP contribution in [0.15, 0.2) is 0 Å². The lowest BCUT2D eigenvalue weighted by Gasteiger charge is -2.58. The smallest absolute Gasteiger partial charge is 0.0136 e. The van der Waals surface area contributed by atoms with Crippen molar-refractivity contribution in [2.75, 3.05) is 0 Å². The molecule has 0 spiro atoms. The van der Waals surface area contributed by atoms with Crippen molar-refractivity contribution in [1.29, 1.82) is 0 Å². The zero-order valence-corrected chi connectivity index (χ0v) is 32.7. The van der Waals surface area contributed by atoms with Crippen LogP contribution >= 0.6 is 0 Å². The van der Waals surface area contributed by atoms with Crippen molar-refractivity contribution < 1.29 is 0 Å². The zero-order chi connectivity index (χ0) is 33.1. The van der Waals surface area contributed by atoms with Crippen LogP contribution in [0.3, 0.4) is 0 Å². The summed E-state index contributed by atoms with van der Waals surface area (Å²) in [5.74, 6) is 10.6. The molecular formula is C48H80N2. The fourth-order valence-corrected chi connectivity index (χ4v) is 18.3. The van der Waals surface area contributed by atoms with Crippen molar-refractivity contribution in [3.05, 3.63) is 0 Å². The fraction of sp³-hybridized carbons (Fsp3) is 1.00. The Hall–Kier alpha value is -0.0800. The van der Waals surface area contributed by atoms with Crippen molar-refractivity contribution in [3.63, 3.8) is 0 Å². The minimum absolute atomic E-state index is 0.727. The second kappa shape index (κ2) is 14.9. The summed E-state index contributed by atoms with van der Waals surface area (Å²) >= 11 is 0. The molecule has 8 saturated carbocycles. The van der Waals surface area contributed by atoms with Crippen LogP contribution in [0.1, 0.15) is 205 Å². The lowest BCUT2D eigenvalue weighted by molar-refractivity contribution is -0.0914. The van der Waals surface area contributed by atoms with E-state index in [1.54, 1.807) is 122 Å². The molecule has 11 unspecified atom stereocenters. The Morgan fingerprint density at radius 3 is 1.44 bits per heavy atom. The van der Waals surface area contributed by atoms with Crippen LogP contribution in [0.5, 0.6) is 0 Å². The molecule has 11 atom stereocenters. The molecule has 282 valence electrons. The molecule has 0 aromatic heterocycles. The van der Waals surface area contributed by atoms with E-state index in [1.807, 2.05) is 0 Å². The molecule has 50 heavy (non-hydrogen) atoms. The van der Waals surface area contributed by atoms with Gasteiger partial charge in [0, 0.05) is 30.2 Å². The minimum atomic E-state index is 0.727. The molecule has 2 heteroatoms. The average Bonchev–Trinajstić information content (AvgIpc) is 3.69. The van der Waals surface area contributed by atoms with Crippen LogP contribution < -0.4 is 5.32 Å². The molecule has 0 amide bonds. The quantitative estimate of drug-likeness (QED) is 0.310. The Balaban J connectivity index is 1.00. The van der Waals surface area contributed by atoms with Crippen molar-refractivity contribution in [1.82, 2.24) is 10.2 Å². The standard InChI is InChI=1S/C48H80N2/c1-4-16-33(17-5-1)44-31-37(32-45(49-44)34-18-6-2-7-19-34)50-46-27-15-12-24-40(46)41-29-28-36(30-47(41)50)48(35-20-8-3-9-21-35)42-25-13-10-22-38(42)39-23-11-14-26-43(39)48/h33-47,49H,1-32H2. The van der Waals surface area contributed by atoms with Gasteiger partial charge in [0.05, 0.1) is 0 Å². The van der Waals surface area contributed by atoms with Crippen molar-refractivity contribution in [2.45, 2.75) is 236 Å². The molecule has 0 radical (unpaired) electrons. The molecule has 10 fully saturated rings. The molecule has 1 N–H and O–H groups in total. The maximum absolute atomic E-state index is 4.53. The molecule has 2 heterocycles. The number of hydrogen-bond acceptors (Lipinski definition) is 2. The van der Waals surface area contributed by atoms with Gasteiger partial charge in [0.2, 0.25) is 0 Å². The number of hydrogen-bond donors (Lipinski definition) is 1. The summed E-state index contributed by atoms with van der Waals surface area (Å²) in [5, 5.41) is 4.53. The van der Waals surface area contributed by atoms with E-state index < -0.39 is 0 Å². The van der Waals surface area contributed by atoms with Gasteiger partial charge in [-0.1, -0.05) is 96.3 Å².